The number of hydrogen-bond donors (Lipinski definition) is 2. The fourth-order valence-corrected chi connectivity index (χ4v) is 3.46. The van der Waals surface area contributed by atoms with Gasteiger partial charge in [0.2, 0.25) is 0 Å². The summed E-state index contributed by atoms with van der Waals surface area (Å²) in [5, 5.41) is 0. The van der Waals surface area contributed by atoms with Crippen molar-refractivity contribution in [3.05, 3.63) is 0 Å². The maximum atomic E-state index is 6.24. The van der Waals surface area contributed by atoms with Crippen LogP contribution in [0.1, 0.15) is 129 Å². The first-order chi connectivity index (χ1) is 11.7. The SMILES string of the molecule is CCCCCCCCC(N)CCCCCCCCC(N)CCCC. The number of nitrogens with two attached hydrogens (primary N) is 2. The zero-order chi connectivity index (χ0) is 17.9. The smallest absolute Gasteiger partial charge is 0.00388 e. The lowest BCUT2D eigenvalue weighted by Crippen LogP contribution is -2.19. The Morgan fingerprint density at radius 3 is 1.08 bits per heavy atom. The minimum Gasteiger partial charge on any atom is -0.328 e. The van der Waals surface area contributed by atoms with E-state index < -0.39 is 0 Å². The Balaban J connectivity index is 3.20. The van der Waals surface area contributed by atoms with E-state index in [9.17, 15) is 0 Å². The molecule has 0 radical (unpaired) electrons. The molecule has 0 rings (SSSR count). The second-order valence-electron chi connectivity index (χ2n) is 7.92. The average Bonchev–Trinajstić information content (AvgIpc) is 2.58. The van der Waals surface area contributed by atoms with Crippen LogP contribution in [0, 0.1) is 0 Å². The van der Waals surface area contributed by atoms with Gasteiger partial charge in [-0.1, -0.05) is 104 Å². The molecule has 0 saturated heterocycles. The lowest BCUT2D eigenvalue weighted by Gasteiger charge is -2.12. The molecule has 0 aliphatic carbocycles. The van der Waals surface area contributed by atoms with Crippen LogP contribution < -0.4 is 11.5 Å². The first-order valence-electron chi connectivity index (χ1n) is 11.2. The van der Waals surface area contributed by atoms with Gasteiger partial charge in [-0.15, -0.1) is 0 Å². The van der Waals surface area contributed by atoms with Crippen LogP contribution in [0.2, 0.25) is 0 Å². The molecular formula is C22H48N2. The van der Waals surface area contributed by atoms with Gasteiger partial charge >= 0.3 is 0 Å². The Morgan fingerprint density at radius 2 is 0.708 bits per heavy atom. The monoisotopic (exact) mass is 340 g/mol. The molecule has 0 amide bonds. The van der Waals surface area contributed by atoms with Crippen molar-refractivity contribution in [3.63, 3.8) is 0 Å². The molecule has 24 heavy (non-hydrogen) atoms. The molecule has 0 spiro atoms. The maximum absolute atomic E-state index is 6.24. The Labute approximate surface area is 153 Å². The quantitative estimate of drug-likeness (QED) is 0.257. The highest BCUT2D eigenvalue weighted by atomic mass is 14.6. The summed E-state index contributed by atoms with van der Waals surface area (Å²) in [6.45, 7) is 4.52. The van der Waals surface area contributed by atoms with Crippen LogP contribution >= 0.6 is 0 Å². The third-order valence-electron chi connectivity index (χ3n) is 5.26. The zero-order valence-electron chi connectivity index (χ0n) is 17.0. The van der Waals surface area contributed by atoms with Crippen molar-refractivity contribution in [2.45, 2.75) is 142 Å². The van der Waals surface area contributed by atoms with E-state index in [0.29, 0.717) is 12.1 Å². The molecule has 2 nitrogen and oxygen atoms in total. The van der Waals surface area contributed by atoms with E-state index in [4.69, 9.17) is 11.5 Å². The van der Waals surface area contributed by atoms with Gasteiger partial charge in [0.1, 0.15) is 0 Å². The highest BCUT2D eigenvalue weighted by Gasteiger charge is 2.03. The highest BCUT2D eigenvalue weighted by molar-refractivity contribution is 4.63. The van der Waals surface area contributed by atoms with Gasteiger partial charge in [-0.05, 0) is 25.7 Å². The lowest BCUT2D eigenvalue weighted by molar-refractivity contribution is 0.473. The van der Waals surface area contributed by atoms with Crippen LogP contribution in [0.3, 0.4) is 0 Å². The summed E-state index contributed by atoms with van der Waals surface area (Å²) in [4.78, 5) is 0. The van der Waals surface area contributed by atoms with Gasteiger partial charge < -0.3 is 11.5 Å². The molecule has 146 valence electrons. The molecule has 0 bridgehead atoms. The van der Waals surface area contributed by atoms with Gasteiger partial charge in [-0.2, -0.15) is 0 Å². The van der Waals surface area contributed by atoms with Crippen LogP contribution in [0.4, 0.5) is 0 Å². The molecule has 0 heterocycles. The second kappa shape index (κ2) is 19.2. The third kappa shape index (κ3) is 18.3. The summed E-state index contributed by atoms with van der Waals surface area (Å²) < 4.78 is 0. The predicted octanol–water partition coefficient (Wildman–Crippen LogP) is 6.70. The molecule has 0 aromatic rings. The van der Waals surface area contributed by atoms with Crippen molar-refractivity contribution >= 4 is 0 Å². The molecule has 2 unspecified atom stereocenters. The number of rotatable bonds is 19. The van der Waals surface area contributed by atoms with Gasteiger partial charge in [0, 0.05) is 12.1 Å². The van der Waals surface area contributed by atoms with E-state index in [1.165, 1.54) is 116 Å². The molecule has 0 aliphatic heterocycles. The molecule has 0 aromatic heterocycles. The summed E-state index contributed by atoms with van der Waals surface area (Å²) >= 11 is 0. The number of unbranched alkanes of at least 4 members (excludes halogenated alkanes) is 11. The molecule has 0 fully saturated rings. The van der Waals surface area contributed by atoms with Crippen molar-refractivity contribution in [1.29, 1.82) is 0 Å². The number of hydrogen-bond acceptors (Lipinski definition) is 2. The third-order valence-corrected chi connectivity index (χ3v) is 5.26. The van der Waals surface area contributed by atoms with E-state index in [2.05, 4.69) is 13.8 Å². The van der Waals surface area contributed by atoms with E-state index in [0.717, 1.165) is 0 Å². The fourth-order valence-electron chi connectivity index (χ4n) is 3.46. The molecule has 4 N–H and O–H groups in total. The summed E-state index contributed by atoms with van der Waals surface area (Å²) in [7, 11) is 0. The largest absolute Gasteiger partial charge is 0.328 e. The lowest BCUT2D eigenvalue weighted by atomic mass is 10.00. The van der Waals surface area contributed by atoms with E-state index in [1.54, 1.807) is 0 Å². The zero-order valence-corrected chi connectivity index (χ0v) is 17.0. The average molecular weight is 341 g/mol. The van der Waals surface area contributed by atoms with Crippen molar-refractivity contribution in [1.82, 2.24) is 0 Å². The van der Waals surface area contributed by atoms with Crippen LogP contribution in [-0.4, -0.2) is 12.1 Å². The molecule has 0 aliphatic rings. The van der Waals surface area contributed by atoms with Crippen LogP contribution in [0.25, 0.3) is 0 Å². The summed E-state index contributed by atoms with van der Waals surface area (Å²) in [6, 6.07) is 0.901. The standard InChI is InChI=1S/C22H48N2/c1-3-5-7-8-11-14-19-22(24)20-16-13-10-9-12-15-18-21(23)17-6-4-2/h21-22H,3-20,23-24H2,1-2H3. The van der Waals surface area contributed by atoms with Gasteiger partial charge in [0.05, 0.1) is 0 Å². The van der Waals surface area contributed by atoms with Crippen LogP contribution in [0.15, 0.2) is 0 Å². The van der Waals surface area contributed by atoms with E-state index >= 15 is 0 Å². The summed E-state index contributed by atoms with van der Waals surface area (Å²) in [6.07, 6.45) is 23.9. The first-order valence-corrected chi connectivity index (χ1v) is 11.2. The fraction of sp³-hybridized carbons (Fsp3) is 1.00. The first kappa shape index (κ1) is 23.9. The minimum atomic E-state index is 0.449. The van der Waals surface area contributed by atoms with Crippen molar-refractivity contribution in [3.8, 4) is 0 Å². The minimum absolute atomic E-state index is 0.449. The molecule has 2 atom stereocenters. The summed E-state index contributed by atoms with van der Waals surface area (Å²) in [5.74, 6) is 0. The Kier molecular flexibility index (Phi) is 19.2. The Bertz CT molecular complexity index is 230. The second-order valence-corrected chi connectivity index (χ2v) is 7.92. The molecule has 0 saturated carbocycles. The Hall–Kier alpha value is -0.0800. The topological polar surface area (TPSA) is 52.0 Å². The van der Waals surface area contributed by atoms with Gasteiger partial charge in [-0.25, -0.2) is 0 Å². The molecular weight excluding hydrogens is 292 g/mol. The Morgan fingerprint density at radius 1 is 0.417 bits per heavy atom. The van der Waals surface area contributed by atoms with Gasteiger partial charge in [-0.3, -0.25) is 0 Å². The highest BCUT2D eigenvalue weighted by Crippen LogP contribution is 2.14. The van der Waals surface area contributed by atoms with Gasteiger partial charge in [0.15, 0.2) is 0 Å². The molecule has 0 aromatic carbocycles. The normalized spacial score (nSPS) is 14.0. The maximum Gasteiger partial charge on any atom is 0.00388 e. The van der Waals surface area contributed by atoms with Crippen molar-refractivity contribution in [2.75, 3.05) is 0 Å². The van der Waals surface area contributed by atoms with Crippen LogP contribution in [-0.2, 0) is 0 Å². The van der Waals surface area contributed by atoms with Crippen molar-refractivity contribution in [2.24, 2.45) is 11.5 Å². The van der Waals surface area contributed by atoms with Crippen molar-refractivity contribution < 1.29 is 0 Å². The predicted molar refractivity (Wildman–Crippen MR) is 110 cm³/mol. The van der Waals surface area contributed by atoms with Gasteiger partial charge in [0.25, 0.3) is 0 Å². The molecule has 2 heteroatoms. The van der Waals surface area contributed by atoms with E-state index in [-0.39, 0.29) is 0 Å². The summed E-state index contributed by atoms with van der Waals surface area (Å²) in [5.41, 5.74) is 12.4. The van der Waals surface area contributed by atoms with Crippen LogP contribution in [0.5, 0.6) is 0 Å². The van der Waals surface area contributed by atoms with E-state index in [1.807, 2.05) is 0 Å².